The third-order valence-corrected chi connectivity index (χ3v) is 4.01. The molecule has 1 aromatic heterocycles. The van der Waals surface area contributed by atoms with Gasteiger partial charge in [0.15, 0.2) is 5.16 Å². The molecule has 1 aromatic carbocycles. The number of hydrogen-bond acceptors (Lipinski definition) is 11. The summed E-state index contributed by atoms with van der Waals surface area (Å²) in [6.07, 6.45) is 1.63. The van der Waals surface area contributed by atoms with Crippen molar-refractivity contribution >= 4 is 35.2 Å². The number of aromatic carboxylic acids is 1. The van der Waals surface area contributed by atoms with E-state index in [9.17, 15) is 24.8 Å². The SMILES string of the molecule is CCOC(=O)CNc1nc(SC)nc(Oc2ccc(C#N)c(C(=O)O)c2)c1[N+](=O)[O-]. The number of carboxylic acid groups (broad SMARTS) is 1. The van der Waals surface area contributed by atoms with Crippen molar-refractivity contribution in [1.29, 1.82) is 5.26 Å². The summed E-state index contributed by atoms with van der Waals surface area (Å²) in [5, 5.41) is 32.5. The van der Waals surface area contributed by atoms with Crippen LogP contribution in [0.25, 0.3) is 0 Å². The Morgan fingerprint density at radius 2 is 2.13 bits per heavy atom. The number of aromatic nitrogens is 2. The third-order valence-electron chi connectivity index (χ3n) is 3.46. The van der Waals surface area contributed by atoms with Gasteiger partial charge in [-0.2, -0.15) is 15.2 Å². The Morgan fingerprint density at radius 1 is 1.40 bits per heavy atom. The summed E-state index contributed by atoms with van der Waals surface area (Å²) in [6, 6.07) is 5.28. The molecule has 0 aliphatic carbocycles. The van der Waals surface area contributed by atoms with Gasteiger partial charge in [-0.15, -0.1) is 0 Å². The molecule has 0 fully saturated rings. The molecule has 30 heavy (non-hydrogen) atoms. The number of esters is 1. The number of carbonyl (C=O) groups excluding carboxylic acids is 1. The van der Waals surface area contributed by atoms with Crippen LogP contribution in [0.3, 0.4) is 0 Å². The fourth-order valence-electron chi connectivity index (χ4n) is 2.21. The second-order valence-corrected chi connectivity index (χ2v) is 6.13. The Hall–Kier alpha value is -3.92. The molecule has 156 valence electrons. The highest BCUT2D eigenvalue weighted by Gasteiger charge is 2.28. The van der Waals surface area contributed by atoms with Crippen LogP contribution < -0.4 is 10.1 Å². The number of nitriles is 1. The predicted octanol–water partition coefficient (Wildman–Crippen LogP) is 2.44. The summed E-state index contributed by atoms with van der Waals surface area (Å²) in [4.78, 5) is 41.7. The zero-order valence-electron chi connectivity index (χ0n) is 15.7. The van der Waals surface area contributed by atoms with Gasteiger partial charge in [-0.3, -0.25) is 14.9 Å². The molecule has 2 aromatic rings. The second-order valence-electron chi connectivity index (χ2n) is 5.35. The molecule has 1 heterocycles. The molecular formula is C17H15N5O7S. The molecule has 0 bridgehead atoms. The van der Waals surface area contributed by atoms with Crippen LogP contribution in [0.4, 0.5) is 11.5 Å². The lowest BCUT2D eigenvalue weighted by Crippen LogP contribution is -2.18. The number of ether oxygens (including phenoxy) is 2. The molecule has 0 aliphatic heterocycles. The number of anilines is 1. The van der Waals surface area contributed by atoms with Crippen molar-refractivity contribution in [1.82, 2.24) is 9.97 Å². The van der Waals surface area contributed by atoms with E-state index < -0.39 is 28.4 Å². The van der Waals surface area contributed by atoms with Gasteiger partial charge in [-0.1, -0.05) is 11.8 Å². The van der Waals surface area contributed by atoms with Gasteiger partial charge in [0.1, 0.15) is 18.4 Å². The smallest absolute Gasteiger partial charge is 0.373 e. The van der Waals surface area contributed by atoms with Crippen molar-refractivity contribution in [3.63, 3.8) is 0 Å². The molecule has 13 heteroatoms. The number of nitrogens with one attached hydrogen (secondary N) is 1. The number of carbonyl (C=O) groups is 2. The fourth-order valence-corrected chi connectivity index (χ4v) is 2.56. The number of benzene rings is 1. The maximum atomic E-state index is 11.6. The van der Waals surface area contributed by atoms with Gasteiger partial charge in [0.25, 0.3) is 0 Å². The largest absolute Gasteiger partial charge is 0.478 e. The van der Waals surface area contributed by atoms with Gasteiger partial charge in [0, 0.05) is 0 Å². The van der Waals surface area contributed by atoms with Crippen LogP contribution in [-0.2, 0) is 9.53 Å². The summed E-state index contributed by atoms with van der Waals surface area (Å²) in [7, 11) is 0. The standard InChI is InChI=1S/C17H15N5O7S/c1-3-28-12(23)8-19-14-13(22(26)27)15(21-17(20-14)30-2)29-10-5-4-9(7-18)11(6-10)16(24)25/h4-6H,3,8H2,1-2H3,(H,24,25)(H,19,20,21). The van der Waals surface area contributed by atoms with Crippen LogP contribution in [-0.4, -0.2) is 51.3 Å². The van der Waals surface area contributed by atoms with Crippen molar-refractivity contribution in [2.45, 2.75) is 12.1 Å². The highest BCUT2D eigenvalue weighted by Crippen LogP contribution is 2.36. The summed E-state index contributed by atoms with van der Waals surface area (Å²) in [6.45, 7) is 1.38. The molecule has 0 atom stereocenters. The van der Waals surface area contributed by atoms with Crippen LogP contribution in [0.15, 0.2) is 23.4 Å². The predicted molar refractivity (Wildman–Crippen MR) is 104 cm³/mol. The first-order chi connectivity index (χ1) is 14.3. The van der Waals surface area contributed by atoms with Crippen molar-refractivity contribution in [3.8, 4) is 17.7 Å². The summed E-state index contributed by atoms with van der Waals surface area (Å²) < 4.78 is 10.2. The highest BCUT2D eigenvalue weighted by molar-refractivity contribution is 7.98. The number of carboxylic acids is 1. The maximum absolute atomic E-state index is 11.6. The topological polar surface area (TPSA) is 178 Å². The van der Waals surface area contributed by atoms with E-state index in [1.54, 1.807) is 19.2 Å². The van der Waals surface area contributed by atoms with Crippen molar-refractivity contribution in [3.05, 3.63) is 39.4 Å². The van der Waals surface area contributed by atoms with E-state index in [4.69, 9.17) is 14.7 Å². The van der Waals surface area contributed by atoms with Gasteiger partial charge in [0.2, 0.25) is 5.82 Å². The monoisotopic (exact) mass is 433 g/mol. The Labute approximate surface area is 174 Å². The maximum Gasteiger partial charge on any atom is 0.373 e. The van der Waals surface area contributed by atoms with E-state index >= 15 is 0 Å². The zero-order valence-corrected chi connectivity index (χ0v) is 16.6. The molecule has 2 rings (SSSR count). The molecule has 2 N–H and O–H groups in total. The number of nitrogens with zero attached hydrogens (tertiary/aromatic N) is 4. The van der Waals surface area contributed by atoms with E-state index in [2.05, 4.69) is 15.3 Å². The molecule has 0 aliphatic rings. The quantitative estimate of drug-likeness (QED) is 0.194. The van der Waals surface area contributed by atoms with E-state index in [1.165, 1.54) is 12.1 Å². The Bertz CT molecular complexity index is 1040. The Kier molecular flexibility index (Phi) is 7.48. The Morgan fingerprint density at radius 3 is 2.70 bits per heavy atom. The Balaban J connectivity index is 2.49. The van der Waals surface area contributed by atoms with E-state index in [0.29, 0.717) is 0 Å². The van der Waals surface area contributed by atoms with Crippen molar-refractivity contribution in [2.75, 3.05) is 24.7 Å². The third kappa shape index (κ3) is 5.32. The fraction of sp³-hybridized carbons (Fsp3) is 0.235. The number of nitro groups is 1. The second kappa shape index (κ2) is 10.0. The van der Waals surface area contributed by atoms with E-state index in [1.807, 2.05) is 0 Å². The molecule has 0 unspecified atom stereocenters. The van der Waals surface area contributed by atoms with Crippen molar-refractivity contribution in [2.24, 2.45) is 0 Å². The van der Waals surface area contributed by atoms with Crippen LogP contribution >= 0.6 is 11.8 Å². The number of rotatable bonds is 9. The average Bonchev–Trinajstić information content (AvgIpc) is 2.71. The highest BCUT2D eigenvalue weighted by atomic mass is 32.2. The van der Waals surface area contributed by atoms with Gasteiger partial charge in [0.05, 0.1) is 22.7 Å². The van der Waals surface area contributed by atoms with Gasteiger partial charge < -0.3 is 19.9 Å². The first kappa shape index (κ1) is 22.4. The minimum atomic E-state index is -1.37. The molecule has 0 saturated heterocycles. The van der Waals surface area contributed by atoms with Crippen LogP contribution in [0.5, 0.6) is 11.6 Å². The van der Waals surface area contributed by atoms with Gasteiger partial charge >= 0.3 is 23.5 Å². The van der Waals surface area contributed by atoms with Crippen LogP contribution in [0, 0.1) is 21.4 Å². The lowest BCUT2D eigenvalue weighted by Gasteiger charge is -2.11. The first-order valence-electron chi connectivity index (χ1n) is 8.25. The lowest BCUT2D eigenvalue weighted by atomic mass is 10.1. The van der Waals surface area contributed by atoms with Crippen LogP contribution in [0.2, 0.25) is 0 Å². The average molecular weight is 433 g/mol. The first-order valence-corrected chi connectivity index (χ1v) is 9.48. The number of thioether (sulfide) groups is 1. The molecule has 12 nitrogen and oxygen atoms in total. The molecule has 0 spiro atoms. The molecule has 0 amide bonds. The summed E-state index contributed by atoms with van der Waals surface area (Å²) in [5.41, 5.74) is -1.09. The zero-order chi connectivity index (χ0) is 22.3. The summed E-state index contributed by atoms with van der Waals surface area (Å²) >= 11 is 1.07. The normalized spacial score (nSPS) is 10.0. The minimum absolute atomic E-state index is 0.0865. The molecular weight excluding hydrogens is 418 g/mol. The van der Waals surface area contributed by atoms with Gasteiger partial charge in [-0.05, 0) is 31.4 Å². The minimum Gasteiger partial charge on any atom is -0.478 e. The molecule has 0 saturated carbocycles. The van der Waals surface area contributed by atoms with Crippen molar-refractivity contribution < 1.29 is 29.1 Å². The molecule has 0 radical (unpaired) electrons. The lowest BCUT2D eigenvalue weighted by molar-refractivity contribution is -0.385. The van der Waals surface area contributed by atoms with E-state index in [0.717, 1.165) is 17.8 Å². The number of hydrogen-bond donors (Lipinski definition) is 2. The summed E-state index contributed by atoms with van der Waals surface area (Å²) in [5.74, 6) is -2.83. The van der Waals surface area contributed by atoms with Gasteiger partial charge in [-0.25, -0.2) is 4.79 Å². The van der Waals surface area contributed by atoms with Crippen LogP contribution in [0.1, 0.15) is 22.8 Å². The van der Waals surface area contributed by atoms with E-state index in [-0.39, 0.29) is 41.0 Å².